The predicted octanol–water partition coefficient (Wildman–Crippen LogP) is 2.26. The number of benzene rings is 1. The summed E-state index contributed by atoms with van der Waals surface area (Å²) in [6, 6.07) is 9.41. The fraction of sp³-hybridized carbons (Fsp3) is 0.529. The lowest BCUT2D eigenvalue weighted by molar-refractivity contribution is 0.0559. The van der Waals surface area contributed by atoms with Crippen molar-refractivity contribution in [3.8, 4) is 0 Å². The third-order valence-corrected chi connectivity index (χ3v) is 5.61. The highest BCUT2D eigenvalue weighted by Crippen LogP contribution is 2.36. The van der Waals surface area contributed by atoms with E-state index < -0.39 is 0 Å². The molecule has 5 nitrogen and oxygen atoms in total. The van der Waals surface area contributed by atoms with Crippen LogP contribution in [-0.2, 0) is 0 Å². The summed E-state index contributed by atoms with van der Waals surface area (Å²) in [5.74, 6) is 0.0337. The molecule has 0 aliphatic carbocycles. The predicted molar refractivity (Wildman–Crippen MR) is 85.8 cm³/mol. The number of nitrogens with one attached hydrogen (secondary N) is 1. The summed E-state index contributed by atoms with van der Waals surface area (Å²) in [4.78, 5) is 17.3. The Labute approximate surface area is 130 Å². The van der Waals surface area contributed by atoms with Gasteiger partial charge in [0.05, 0.1) is 5.52 Å². The van der Waals surface area contributed by atoms with Gasteiger partial charge in [0.15, 0.2) is 5.69 Å². The number of hydrogen-bond donors (Lipinski definition) is 1. The van der Waals surface area contributed by atoms with Crippen molar-refractivity contribution in [2.45, 2.75) is 43.8 Å². The lowest BCUT2D eigenvalue weighted by Gasteiger charge is -2.40. The standard InChI is InChI=1S/C17H22N4O/c1-20-11-7-8-12(20)10-13(9-11)21(2)17(22)16-14-5-3-4-6-15(14)18-19-16/h3-6,11-13H,7-10H2,1-2H3,(H,18,19). The Kier molecular flexibility index (Phi) is 3.18. The van der Waals surface area contributed by atoms with E-state index in [2.05, 4.69) is 22.1 Å². The van der Waals surface area contributed by atoms with Gasteiger partial charge in [-0.3, -0.25) is 9.89 Å². The van der Waals surface area contributed by atoms with E-state index in [0.717, 1.165) is 23.7 Å². The van der Waals surface area contributed by atoms with Crippen LogP contribution in [0.1, 0.15) is 36.2 Å². The van der Waals surface area contributed by atoms with Crippen molar-refractivity contribution < 1.29 is 4.79 Å². The van der Waals surface area contributed by atoms with E-state index in [-0.39, 0.29) is 5.91 Å². The summed E-state index contributed by atoms with van der Waals surface area (Å²) in [6.07, 6.45) is 4.70. The van der Waals surface area contributed by atoms with Crippen molar-refractivity contribution >= 4 is 16.8 Å². The maximum Gasteiger partial charge on any atom is 0.274 e. The van der Waals surface area contributed by atoms with Gasteiger partial charge in [-0.2, -0.15) is 5.10 Å². The van der Waals surface area contributed by atoms with Gasteiger partial charge in [0, 0.05) is 30.6 Å². The van der Waals surface area contributed by atoms with Crippen molar-refractivity contribution in [1.82, 2.24) is 20.0 Å². The molecule has 5 heteroatoms. The van der Waals surface area contributed by atoms with Crippen molar-refractivity contribution in [2.75, 3.05) is 14.1 Å². The Morgan fingerprint density at radius 1 is 1.27 bits per heavy atom. The highest BCUT2D eigenvalue weighted by Gasteiger charge is 2.41. The van der Waals surface area contributed by atoms with Gasteiger partial charge < -0.3 is 9.80 Å². The van der Waals surface area contributed by atoms with E-state index in [1.165, 1.54) is 12.8 Å². The Morgan fingerprint density at radius 3 is 2.68 bits per heavy atom. The van der Waals surface area contributed by atoms with Crippen LogP contribution in [0.25, 0.3) is 10.9 Å². The number of fused-ring (bicyclic) bond motifs is 3. The van der Waals surface area contributed by atoms with Crippen LogP contribution >= 0.6 is 0 Å². The number of hydrogen-bond acceptors (Lipinski definition) is 3. The zero-order valence-corrected chi connectivity index (χ0v) is 13.1. The third-order valence-electron chi connectivity index (χ3n) is 5.61. The molecule has 0 spiro atoms. The molecule has 0 radical (unpaired) electrons. The molecule has 2 aromatic rings. The van der Waals surface area contributed by atoms with Crippen LogP contribution in [0.4, 0.5) is 0 Å². The van der Waals surface area contributed by atoms with Gasteiger partial charge >= 0.3 is 0 Å². The fourth-order valence-electron chi connectivity index (χ4n) is 4.16. The van der Waals surface area contributed by atoms with E-state index >= 15 is 0 Å². The second-order valence-corrected chi connectivity index (χ2v) is 6.71. The highest BCUT2D eigenvalue weighted by atomic mass is 16.2. The number of carbonyl (C=O) groups is 1. The van der Waals surface area contributed by atoms with E-state index in [1.807, 2.05) is 36.2 Å². The molecular formula is C17H22N4O. The minimum absolute atomic E-state index is 0.0337. The number of aromatic amines is 1. The summed E-state index contributed by atoms with van der Waals surface area (Å²) < 4.78 is 0. The van der Waals surface area contributed by atoms with Crippen LogP contribution in [0, 0.1) is 0 Å². The molecule has 1 N–H and O–H groups in total. The molecule has 1 aromatic carbocycles. The van der Waals surface area contributed by atoms with E-state index in [1.54, 1.807) is 0 Å². The minimum atomic E-state index is 0.0337. The smallest absolute Gasteiger partial charge is 0.274 e. The molecule has 3 heterocycles. The van der Waals surface area contributed by atoms with E-state index in [0.29, 0.717) is 23.8 Å². The number of amides is 1. The Bertz CT molecular complexity index is 696. The average molecular weight is 298 g/mol. The Balaban J connectivity index is 1.58. The number of H-pyrrole nitrogens is 1. The first-order valence-corrected chi connectivity index (χ1v) is 8.07. The van der Waals surface area contributed by atoms with Crippen molar-refractivity contribution in [3.63, 3.8) is 0 Å². The van der Waals surface area contributed by atoms with Crippen LogP contribution in [0.2, 0.25) is 0 Å². The summed E-state index contributed by atoms with van der Waals surface area (Å²) in [5.41, 5.74) is 1.46. The fourth-order valence-corrected chi connectivity index (χ4v) is 4.16. The van der Waals surface area contributed by atoms with Gasteiger partial charge in [-0.1, -0.05) is 18.2 Å². The number of para-hydroxylation sites is 1. The zero-order chi connectivity index (χ0) is 15.3. The first-order chi connectivity index (χ1) is 10.6. The monoisotopic (exact) mass is 298 g/mol. The lowest BCUT2D eigenvalue weighted by atomic mass is 9.96. The Hall–Kier alpha value is -1.88. The second kappa shape index (κ2) is 5.09. The molecule has 4 rings (SSSR count). The van der Waals surface area contributed by atoms with Gasteiger partial charge in [-0.25, -0.2) is 0 Å². The van der Waals surface area contributed by atoms with Crippen molar-refractivity contribution in [1.29, 1.82) is 0 Å². The first-order valence-electron chi connectivity index (χ1n) is 8.07. The van der Waals surface area contributed by atoms with Crippen LogP contribution in [0.3, 0.4) is 0 Å². The molecule has 1 aromatic heterocycles. The van der Waals surface area contributed by atoms with Crippen LogP contribution in [-0.4, -0.2) is 58.1 Å². The minimum Gasteiger partial charge on any atom is -0.337 e. The maximum atomic E-state index is 12.9. The molecule has 2 fully saturated rings. The van der Waals surface area contributed by atoms with E-state index in [9.17, 15) is 4.79 Å². The van der Waals surface area contributed by atoms with Crippen LogP contribution < -0.4 is 0 Å². The molecule has 22 heavy (non-hydrogen) atoms. The summed E-state index contributed by atoms with van der Waals surface area (Å²) in [5, 5.41) is 8.12. The van der Waals surface area contributed by atoms with Crippen LogP contribution in [0.5, 0.6) is 0 Å². The summed E-state index contributed by atoms with van der Waals surface area (Å²) >= 11 is 0. The molecule has 0 saturated carbocycles. The largest absolute Gasteiger partial charge is 0.337 e. The molecule has 2 saturated heterocycles. The third kappa shape index (κ3) is 2.03. The topological polar surface area (TPSA) is 52.2 Å². The SMILES string of the molecule is CN(C(=O)c1n[nH]c2ccccc12)C1CC2CCC(C1)N2C. The number of nitrogens with zero attached hydrogens (tertiary/aromatic N) is 3. The molecule has 2 aliphatic rings. The quantitative estimate of drug-likeness (QED) is 0.925. The van der Waals surface area contributed by atoms with Crippen LogP contribution in [0.15, 0.2) is 24.3 Å². The second-order valence-electron chi connectivity index (χ2n) is 6.71. The average Bonchev–Trinajstić information content (AvgIpc) is 3.03. The summed E-state index contributed by atoms with van der Waals surface area (Å²) in [6.45, 7) is 0. The molecule has 2 atom stereocenters. The number of carbonyl (C=O) groups excluding carboxylic acids is 1. The molecule has 2 bridgehead atoms. The van der Waals surface area contributed by atoms with Gasteiger partial charge in [-0.05, 0) is 38.8 Å². The van der Waals surface area contributed by atoms with Gasteiger partial charge in [-0.15, -0.1) is 0 Å². The molecule has 2 unspecified atom stereocenters. The first kappa shape index (κ1) is 13.8. The number of piperidine rings is 1. The van der Waals surface area contributed by atoms with E-state index in [4.69, 9.17) is 0 Å². The normalized spacial score (nSPS) is 28.2. The number of rotatable bonds is 2. The van der Waals surface area contributed by atoms with Crippen molar-refractivity contribution in [2.24, 2.45) is 0 Å². The zero-order valence-electron chi connectivity index (χ0n) is 13.1. The molecule has 1 amide bonds. The van der Waals surface area contributed by atoms with Crippen molar-refractivity contribution in [3.05, 3.63) is 30.0 Å². The molecular weight excluding hydrogens is 276 g/mol. The Morgan fingerprint density at radius 2 is 1.95 bits per heavy atom. The number of aromatic nitrogens is 2. The maximum absolute atomic E-state index is 12.9. The summed E-state index contributed by atoms with van der Waals surface area (Å²) in [7, 11) is 4.16. The molecule has 2 aliphatic heterocycles. The van der Waals surface area contributed by atoms with Gasteiger partial charge in [0.1, 0.15) is 0 Å². The van der Waals surface area contributed by atoms with Gasteiger partial charge in [0.25, 0.3) is 5.91 Å². The molecule has 116 valence electrons. The highest BCUT2D eigenvalue weighted by molar-refractivity contribution is 6.04. The van der Waals surface area contributed by atoms with Gasteiger partial charge in [0.2, 0.25) is 0 Å². The lowest BCUT2D eigenvalue weighted by Crippen LogP contribution is -2.49.